The number of carbonyl (C=O) groups is 1. The van der Waals surface area contributed by atoms with E-state index < -0.39 is 0 Å². The molecule has 1 rings (SSSR count). The number of unbranched alkanes of at least 4 members (excludes halogenated alkanes) is 3. The molecular formula is C12H23NO. The maximum atomic E-state index is 11.0. The van der Waals surface area contributed by atoms with Crippen molar-refractivity contribution in [1.82, 2.24) is 5.32 Å². The molecule has 0 aliphatic heterocycles. The van der Waals surface area contributed by atoms with Gasteiger partial charge >= 0.3 is 0 Å². The molecule has 0 aromatic heterocycles. The van der Waals surface area contributed by atoms with E-state index in [-0.39, 0.29) is 0 Å². The van der Waals surface area contributed by atoms with E-state index in [0.29, 0.717) is 11.8 Å². The van der Waals surface area contributed by atoms with Crippen LogP contribution in [-0.2, 0) is 4.79 Å². The Balaban J connectivity index is 1.94. The van der Waals surface area contributed by atoms with E-state index in [0.717, 1.165) is 32.2 Å². The van der Waals surface area contributed by atoms with Gasteiger partial charge in [0.25, 0.3) is 0 Å². The third-order valence-electron chi connectivity index (χ3n) is 3.01. The van der Waals surface area contributed by atoms with Crippen LogP contribution in [0.1, 0.15) is 58.3 Å². The lowest BCUT2D eigenvalue weighted by atomic mass is 9.94. The molecule has 2 nitrogen and oxygen atoms in total. The first-order chi connectivity index (χ1) is 6.83. The summed E-state index contributed by atoms with van der Waals surface area (Å²) in [7, 11) is 0. The number of carbonyl (C=O) groups excluding carboxylic acids is 1. The van der Waals surface area contributed by atoms with E-state index in [9.17, 15) is 4.79 Å². The first-order valence-corrected chi connectivity index (χ1v) is 6.08. The second-order valence-corrected chi connectivity index (χ2v) is 4.33. The Labute approximate surface area is 87.5 Å². The summed E-state index contributed by atoms with van der Waals surface area (Å²) >= 11 is 0. The lowest BCUT2D eigenvalue weighted by molar-refractivity contribution is -0.120. The molecule has 0 aromatic rings. The first-order valence-electron chi connectivity index (χ1n) is 6.08. The van der Waals surface area contributed by atoms with Gasteiger partial charge in [-0.2, -0.15) is 0 Å². The summed E-state index contributed by atoms with van der Waals surface area (Å²) in [5.74, 6) is 0.453. The van der Waals surface area contributed by atoms with Gasteiger partial charge in [0.15, 0.2) is 0 Å². The van der Waals surface area contributed by atoms with Gasteiger partial charge in [0, 0.05) is 18.9 Å². The van der Waals surface area contributed by atoms with Gasteiger partial charge in [-0.15, -0.1) is 0 Å². The second kappa shape index (κ2) is 6.99. The topological polar surface area (TPSA) is 29.1 Å². The van der Waals surface area contributed by atoms with Crippen molar-refractivity contribution in [2.45, 2.75) is 64.3 Å². The molecule has 0 saturated heterocycles. The molecule has 0 aromatic carbocycles. The highest BCUT2D eigenvalue weighted by atomic mass is 16.1. The van der Waals surface area contributed by atoms with Gasteiger partial charge in [-0.3, -0.25) is 4.79 Å². The van der Waals surface area contributed by atoms with Crippen molar-refractivity contribution in [2.24, 2.45) is 0 Å². The highest BCUT2D eigenvalue weighted by molar-refractivity contribution is 5.79. The average molecular weight is 197 g/mol. The van der Waals surface area contributed by atoms with Crippen molar-refractivity contribution in [1.29, 1.82) is 0 Å². The monoisotopic (exact) mass is 197 g/mol. The van der Waals surface area contributed by atoms with E-state index in [2.05, 4.69) is 12.2 Å². The predicted octanol–water partition coefficient (Wildman–Crippen LogP) is 2.67. The van der Waals surface area contributed by atoms with Crippen LogP contribution in [0.2, 0.25) is 0 Å². The van der Waals surface area contributed by atoms with Gasteiger partial charge in [0.2, 0.25) is 0 Å². The molecule has 1 aliphatic carbocycles. The van der Waals surface area contributed by atoms with Crippen LogP contribution in [0.4, 0.5) is 0 Å². The fourth-order valence-electron chi connectivity index (χ4n) is 2.00. The lowest BCUT2D eigenvalue weighted by Crippen LogP contribution is -2.33. The Morgan fingerprint density at radius 1 is 1.21 bits per heavy atom. The van der Waals surface area contributed by atoms with Crippen molar-refractivity contribution >= 4 is 5.78 Å². The molecule has 0 spiro atoms. The van der Waals surface area contributed by atoms with Gasteiger partial charge < -0.3 is 5.32 Å². The standard InChI is InChI=1S/C12H23NO/c1-2-3-4-5-10-13-11-6-8-12(14)9-7-11/h11,13H,2-10H2,1H3. The fourth-order valence-corrected chi connectivity index (χ4v) is 2.00. The minimum absolute atomic E-state index is 0.453. The zero-order chi connectivity index (χ0) is 10.2. The van der Waals surface area contributed by atoms with Crippen LogP contribution in [0.15, 0.2) is 0 Å². The summed E-state index contributed by atoms with van der Waals surface area (Å²) in [6.07, 6.45) is 9.01. The molecule has 2 heteroatoms. The van der Waals surface area contributed by atoms with E-state index in [1.807, 2.05) is 0 Å². The molecule has 82 valence electrons. The number of hydrogen-bond donors (Lipinski definition) is 1. The van der Waals surface area contributed by atoms with Crippen molar-refractivity contribution in [2.75, 3.05) is 6.54 Å². The predicted molar refractivity (Wildman–Crippen MR) is 59.4 cm³/mol. The van der Waals surface area contributed by atoms with Crippen molar-refractivity contribution in [3.63, 3.8) is 0 Å². The molecule has 1 N–H and O–H groups in total. The van der Waals surface area contributed by atoms with Crippen LogP contribution in [0.5, 0.6) is 0 Å². The van der Waals surface area contributed by atoms with Crippen LogP contribution < -0.4 is 5.32 Å². The first kappa shape index (κ1) is 11.7. The van der Waals surface area contributed by atoms with Gasteiger partial charge in [-0.1, -0.05) is 26.2 Å². The van der Waals surface area contributed by atoms with Crippen LogP contribution in [-0.4, -0.2) is 18.4 Å². The zero-order valence-electron chi connectivity index (χ0n) is 9.35. The van der Waals surface area contributed by atoms with E-state index in [1.54, 1.807) is 0 Å². The molecule has 0 heterocycles. The summed E-state index contributed by atoms with van der Waals surface area (Å²) in [4.78, 5) is 11.0. The van der Waals surface area contributed by atoms with Crippen molar-refractivity contribution < 1.29 is 4.79 Å². The van der Waals surface area contributed by atoms with Crippen LogP contribution in [0, 0.1) is 0 Å². The third kappa shape index (κ3) is 4.75. The van der Waals surface area contributed by atoms with Crippen LogP contribution in [0.3, 0.4) is 0 Å². The Morgan fingerprint density at radius 3 is 2.57 bits per heavy atom. The SMILES string of the molecule is CCCCCCNC1CCC(=O)CC1. The number of nitrogens with one attached hydrogen (secondary N) is 1. The molecule has 0 bridgehead atoms. The fraction of sp³-hybridized carbons (Fsp3) is 0.917. The Morgan fingerprint density at radius 2 is 1.93 bits per heavy atom. The summed E-state index contributed by atoms with van der Waals surface area (Å²) in [6.45, 7) is 3.37. The number of Topliss-reactive ketones (excluding diaryl/α,β-unsaturated/α-hetero) is 1. The molecule has 1 aliphatic rings. The summed E-state index contributed by atoms with van der Waals surface area (Å²) in [5, 5.41) is 3.55. The number of rotatable bonds is 6. The molecule has 0 atom stereocenters. The Bertz CT molecular complexity index is 158. The molecule has 0 amide bonds. The summed E-state index contributed by atoms with van der Waals surface area (Å²) < 4.78 is 0. The molecule has 0 unspecified atom stereocenters. The molecule has 0 radical (unpaired) electrons. The summed E-state index contributed by atoms with van der Waals surface area (Å²) in [6, 6.07) is 0.620. The largest absolute Gasteiger partial charge is 0.314 e. The molecular weight excluding hydrogens is 174 g/mol. The Kier molecular flexibility index (Phi) is 5.85. The van der Waals surface area contributed by atoms with E-state index in [1.165, 1.54) is 25.7 Å². The average Bonchev–Trinajstić information content (AvgIpc) is 2.21. The summed E-state index contributed by atoms with van der Waals surface area (Å²) in [5.41, 5.74) is 0. The van der Waals surface area contributed by atoms with Crippen LogP contribution >= 0.6 is 0 Å². The highest BCUT2D eigenvalue weighted by Gasteiger charge is 2.17. The molecule has 1 fully saturated rings. The quantitative estimate of drug-likeness (QED) is 0.663. The van der Waals surface area contributed by atoms with E-state index >= 15 is 0 Å². The molecule has 14 heavy (non-hydrogen) atoms. The second-order valence-electron chi connectivity index (χ2n) is 4.33. The maximum Gasteiger partial charge on any atom is 0.133 e. The van der Waals surface area contributed by atoms with Crippen LogP contribution in [0.25, 0.3) is 0 Å². The number of hydrogen-bond acceptors (Lipinski definition) is 2. The highest BCUT2D eigenvalue weighted by Crippen LogP contribution is 2.14. The van der Waals surface area contributed by atoms with Gasteiger partial charge in [0.1, 0.15) is 5.78 Å². The van der Waals surface area contributed by atoms with Crippen molar-refractivity contribution in [3.8, 4) is 0 Å². The lowest BCUT2D eigenvalue weighted by Gasteiger charge is -2.22. The van der Waals surface area contributed by atoms with E-state index in [4.69, 9.17) is 0 Å². The minimum atomic E-state index is 0.453. The zero-order valence-corrected chi connectivity index (χ0v) is 9.35. The smallest absolute Gasteiger partial charge is 0.133 e. The number of ketones is 1. The minimum Gasteiger partial charge on any atom is -0.314 e. The van der Waals surface area contributed by atoms with Gasteiger partial charge in [0.05, 0.1) is 0 Å². The normalized spacial score (nSPS) is 18.8. The van der Waals surface area contributed by atoms with Gasteiger partial charge in [-0.25, -0.2) is 0 Å². The van der Waals surface area contributed by atoms with Gasteiger partial charge in [-0.05, 0) is 25.8 Å². The maximum absolute atomic E-state index is 11.0. The molecule has 1 saturated carbocycles. The van der Waals surface area contributed by atoms with Crippen molar-refractivity contribution in [3.05, 3.63) is 0 Å². The third-order valence-corrected chi connectivity index (χ3v) is 3.01. The Hall–Kier alpha value is -0.370.